The van der Waals surface area contributed by atoms with E-state index in [0.717, 1.165) is 0 Å². The quantitative estimate of drug-likeness (QED) is 0.754. The van der Waals surface area contributed by atoms with Gasteiger partial charge in [-0.3, -0.25) is 0 Å². The molecule has 0 aliphatic rings. The molecule has 2 rings (SSSR count). The number of halogens is 2. The minimum absolute atomic E-state index is 0.0659. The molecule has 82 valence electrons. The van der Waals surface area contributed by atoms with Crippen molar-refractivity contribution >= 4 is 23.2 Å². The summed E-state index contributed by atoms with van der Waals surface area (Å²) >= 11 is 11.7. The highest BCUT2D eigenvalue weighted by atomic mass is 35.5. The van der Waals surface area contributed by atoms with Crippen LogP contribution in [0.4, 0.5) is 0 Å². The van der Waals surface area contributed by atoms with Crippen LogP contribution in [-0.4, -0.2) is 10.2 Å². The van der Waals surface area contributed by atoms with Gasteiger partial charge in [-0.25, -0.2) is 0 Å². The van der Waals surface area contributed by atoms with Crippen molar-refractivity contribution in [3.05, 3.63) is 46.4 Å². The minimum Gasteiger partial charge on any atom is -0.508 e. The number of rotatable bonds is 1. The summed E-state index contributed by atoms with van der Waals surface area (Å²) in [6.07, 6.45) is 0. The van der Waals surface area contributed by atoms with Crippen LogP contribution >= 0.6 is 23.2 Å². The zero-order valence-corrected chi connectivity index (χ0v) is 9.63. The molecule has 0 amide bonds. The summed E-state index contributed by atoms with van der Waals surface area (Å²) in [5, 5.41) is 20.0. The van der Waals surface area contributed by atoms with Crippen molar-refractivity contribution in [2.75, 3.05) is 0 Å². The normalized spacial score (nSPS) is 10.4. The Hall–Kier alpha value is -1.38. The van der Waals surface area contributed by atoms with E-state index in [1.54, 1.807) is 18.2 Å². The van der Waals surface area contributed by atoms with Crippen LogP contribution in [0.5, 0.6) is 11.5 Å². The van der Waals surface area contributed by atoms with Crippen LogP contribution in [-0.2, 0) is 0 Å². The molecule has 2 nitrogen and oxygen atoms in total. The van der Waals surface area contributed by atoms with Gasteiger partial charge in [-0.15, -0.1) is 0 Å². The molecule has 0 aliphatic carbocycles. The lowest BCUT2D eigenvalue weighted by molar-refractivity contribution is 0.462. The van der Waals surface area contributed by atoms with Gasteiger partial charge >= 0.3 is 0 Å². The third-order valence-corrected chi connectivity index (χ3v) is 2.59. The van der Waals surface area contributed by atoms with Crippen LogP contribution in [0.1, 0.15) is 0 Å². The van der Waals surface area contributed by atoms with Gasteiger partial charge in [0.25, 0.3) is 0 Å². The fourth-order valence-electron chi connectivity index (χ4n) is 1.46. The summed E-state index contributed by atoms with van der Waals surface area (Å²) in [5.74, 6) is 0.139. The molecular weight excluding hydrogens is 247 g/mol. The second kappa shape index (κ2) is 4.24. The monoisotopic (exact) mass is 254 g/mol. The lowest BCUT2D eigenvalue weighted by Crippen LogP contribution is -1.80. The van der Waals surface area contributed by atoms with Gasteiger partial charge in [-0.1, -0.05) is 23.2 Å². The predicted octanol–water partition coefficient (Wildman–Crippen LogP) is 4.07. The average molecular weight is 255 g/mol. The first kappa shape index (κ1) is 11.1. The molecule has 0 atom stereocenters. The first-order valence-corrected chi connectivity index (χ1v) is 5.30. The highest BCUT2D eigenvalue weighted by molar-refractivity contribution is 6.35. The Balaban J connectivity index is 2.62. The molecule has 2 N–H and O–H groups in total. The van der Waals surface area contributed by atoms with Crippen molar-refractivity contribution in [2.45, 2.75) is 0 Å². The molecular formula is C12H8Cl2O2. The van der Waals surface area contributed by atoms with Crippen molar-refractivity contribution < 1.29 is 10.2 Å². The average Bonchev–Trinajstić information content (AvgIpc) is 2.20. The Morgan fingerprint density at radius 3 is 2.06 bits per heavy atom. The van der Waals surface area contributed by atoms with Crippen LogP contribution in [0.25, 0.3) is 11.1 Å². The van der Waals surface area contributed by atoms with Gasteiger partial charge in [0, 0.05) is 15.6 Å². The van der Waals surface area contributed by atoms with Crippen molar-refractivity contribution in [3.8, 4) is 22.6 Å². The van der Waals surface area contributed by atoms with Gasteiger partial charge in [-0.05, 0) is 42.0 Å². The Labute approximate surface area is 103 Å². The van der Waals surface area contributed by atoms with Crippen LogP contribution in [0.3, 0.4) is 0 Å². The lowest BCUT2D eigenvalue weighted by atomic mass is 10.0. The zero-order valence-electron chi connectivity index (χ0n) is 8.11. The van der Waals surface area contributed by atoms with Crippen LogP contribution < -0.4 is 0 Å². The predicted molar refractivity (Wildman–Crippen MR) is 65.2 cm³/mol. The summed E-state index contributed by atoms with van der Waals surface area (Å²) in [7, 11) is 0. The lowest BCUT2D eigenvalue weighted by Gasteiger charge is -2.06. The third-order valence-electron chi connectivity index (χ3n) is 2.15. The van der Waals surface area contributed by atoms with Crippen LogP contribution in [0.2, 0.25) is 10.0 Å². The molecule has 0 saturated heterocycles. The van der Waals surface area contributed by atoms with E-state index in [1.807, 2.05) is 0 Å². The van der Waals surface area contributed by atoms with E-state index in [2.05, 4.69) is 0 Å². The van der Waals surface area contributed by atoms with E-state index in [1.165, 1.54) is 18.2 Å². The second-order valence-electron chi connectivity index (χ2n) is 3.36. The van der Waals surface area contributed by atoms with Crippen molar-refractivity contribution in [2.24, 2.45) is 0 Å². The topological polar surface area (TPSA) is 40.5 Å². The maximum atomic E-state index is 9.67. The molecule has 4 heteroatoms. The molecule has 16 heavy (non-hydrogen) atoms. The highest BCUT2D eigenvalue weighted by Gasteiger charge is 2.07. The molecule has 0 unspecified atom stereocenters. The number of aromatic hydroxyl groups is 2. The first-order valence-electron chi connectivity index (χ1n) is 4.55. The standard InChI is InChI=1S/C12H8Cl2O2/c13-8-3-7(4-9(14)5-8)11-6-10(15)1-2-12(11)16/h1-6,15-16H. The smallest absolute Gasteiger partial charge is 0.123 e. The Kier molecular flexibility index (Phi) is 2.95. The van der Waals surface area contributed by atoms with E-state index in [4.69, 9.17) is 23.2 Å². The SMILES string of the molecule is Oc1ccc(O)c(-c2cc(Cl)cc(Cl)c2)c1. The Morgan fingerprint density at radius 2 is 1.44 bits per heavy atom. The zero-order chi connectivity index (χ0) is 11.7. The third kappa shape index (κ3) is 2.23. The second-order valence-corrected chi connectivity index (χ2v) is 4.23. The fraction of sp³-hybridized carbons (Fsp3) is 0. The van der Waals surface area contributed by atoms with Crippen molar-refractivity contribution in [1.82, 2.24) is 0 Å². The summed E-state index contributed by atoms with van der Waals surface area (Å²) in [5.41, 5.74) is 1.15. The van der Waals surface area contributed by atoms with Crippen molar-refractivity contribution in [1.29, 1.82) is 0 Å². The number of phenols is 2. The van der Waals surface area contributed by atoms with Gasteiger partial charge in [-0.2, -0.15) is 0 Å². The maximum Gasteiger partial charge on any atom is 0.123 e. The van der Waals surface area contributed by atoms with Gasteiger partial charge < -0.3 is 10.2 Å². The molecule has 2 aromatic rings. The van der Waals surface area contributed by atoms with Gasteiger partial charge in [0.2, 0.25) is 0 Å². The number of phenolic OH excluding ortho intramolecular Hbond substituents is 2. The minimum atomic E-state index is 0.0659. The van der Waals surface area contributed by atoms with E-state index in [0.29, 0.717) is 21.2 Å². The molecule has 0 saturated carbocycles. The molecule has 0 aromatic heterocycles. The molecule has 0 bridgehead atoms. The number of hydrogen-bond donors (Lipinski definition) is 2. The van der Waals surface area contributed by atoms with E-state index in [-0.39, 0.29) is 11.5 Å². The van der Waals surface area contributed by atoms with Crippen LogP contribution in [0, 0.1) is 0 Å². The maximum absolute atomic E-state index is 9.67. The molecule has 0 fully saturated rings. The van der Waals surface area contributed by atoms with Crippen molar-refractivity contribution in [3.63, 3.8) is 0 Å². The Bertz CT molecular complexity index is 518. The van der Waals surface area contributed by atoms with Gasteiger partial charge in [0.1, 0.15) is 11.5 Å². The number of benzene rings is 2. The summed E-state index contributed by atoms with van der Waals surface area (Å²) < 4.78 is 0. The summed E-state index contributed by atoms with van der Waals surface area (Å²) in [4.78, 5) is 0. The van der Waals surface area contributed by atoms with Gasteiger partial charge in [0.05, 0.1) is 0 Å². The number of hydrogen-bond acceptors (Lipinski definition) is 2. The van der Waals surface area contributed by atoms with E-state index < -0.39 is 0 Å². The molecule has 0 heterocycles. The summed E-state index contributed by atoms with van der Waals surface area (Å²) in [6, 6.07) is 9.22. The molecule has 2 aromatic carbocycles. The van der Waals surface area contributed by atoms with E-state index in [9.17, 15) is 10.2 Å². The molecule has 0 aliphatic heterocycles. The highest BCUT2D eigenvalue weighted by Crippen LogP contribution is 2.35. The van der Waals surface area contributed by atoms with Gasteiger partial charge in [0.15, 0.2) is 0 Å². The molecule has 0 radical (unpaired) electrons. The molecule has 0 spiro atoms. The summed E-state index contributed by atoms with van der Waals surface area (Å²) in [6.45, 7) is 0. The fourth-order valence-corrected chi connectivity index (χ4v) is 1.99. The van der Waals surface area contributed by atoms with E-state index >= 15 is 0 Å². The largest absolute Gasteiger partial charge is 0.508 e. The first-order chi connectivity index (χ1) is 7.56. The van der Waals surface area contributed by atoms with Crippen LogP contribution in [0.15, 0.2) is 36.4 Å². The Morgan fingerprint density at radius 1 is 0.812 bits per heavy atom.